The number of rotatable bonds is 2. The second kappa shape index (κ2) is 7.03. The first kappa shape index (κ1) is 18.3. The molecule has 3 rings (SSSR count). The van der Waals surface area contributed by atoms with Crippen molar-refractivity contribution in [3.8, 4) is 11.5 Å². The van der Waals surface area contributed by atoms with Crippen LogP contribution in [-0.2, 0) is 31.1 Å². The zero-order valence-corrected chi connectivity index (χ0v) is 17.4. The Morgan fingerprint density at radius 1 is 0.720 bits per heavy atom. The first-order chi connectivity index (χ1) is 11.8. The maximum Gasteiger partial charge on any atom is 0.125 e. The fraction of sp³-hybridized carbons (Fsp3) is 0.455. The summed E-state index contributed by atoms with van der Waals surface area (Å²) >= 11 is 3.66. The molecule has 2 aromatic rings. The predicted octanol–water partition coefficient (Wildman–Crippen LogP) is 5.65. The minimum absolute atomic E-state index is 0.134. The number of methoxy groups -OCH3 is 2. The lowest BCUT2D eigenvalue weighted by Gasteiger charge is -2.25. The van der Waals surface area contributed by atoms with Crippen molar-refractivity contribution < 1.29 is 9.47 Å². The molecule has 1 aliphatic carbocycles. The summed E-state index contributed by atoms with van der Waals surface area (Å²) in [5, 5.41) is 0. The molecular formula is C22H27BrO2. The van der Waals surface area contributed by atoms with Crippen molar-refractivity contribution in [2.45, 2.75) is 51.9 Å². The monoisotopic (exact) mass is 402 g/mol. The van der Waals surface area contributed by atoms with Crippen LogP contribution in [0, 0.1) is 0 Å². The van der Waals surface area contributed by atoms with Crippen LogP contribution in [0.1, 0.15) is 48.6 Å². The average Bonchev–Trinajstić information content (AvgIpc) is 2.55. The molecule has 3 heteroatoms. The standard InChI is InChI=1S/C22H27BrO2/c1-22(2,3)18-10-14-6-8-16-12-19(23)13-17(21(16)25-5)9-7-15(11-18)20(14)24-4/h10-13H,6-9H2,1-5H3. The molecule has 0 fully saturated rings. The van der Waals surface area contributed by atoms with E-state index in [9.17, 15) is 0 Å². The van der Waals surface area contributed by atoms with Gasteiger partial charge in [0.1, 0.15) is 11.5 Å². The molecule has 0 aromatic heterocycles. The number of ether oxygens (including phenoxy) is 2. The lowest BCUT2D eigenvalue weighted by atomic mass is 9.82. The van der Waals surface area contributed by atoms with Crippen molar-refractivity contribution in [1.29, 1.82) is 0 Å². The van der Waals surface area contributed by atoms with Crippen LogP contribution in [0.15, 0.2) is 28.7 Å². The zero-order chi connectivity index (χ0) is 18.2. The Kier molecular flexibility index (Phi) is 5.15. The highest BCUT2D eigenvalue weighted by Crippen LogP contribution is 2.37. The summed E-state index contributed by atoms with van der Waals surface area (Å²) in [4.78, 5) is 0. The Bertz CT molecular complexity index is 737. The van der Waals surface area contributed by atoms with Gasteiger partial charge in [-0.2, -0.15) is 0 Å². The van der Waals surface area contributed by atoms with E-state index in [0.717, 1.165) is 41.7 Å². The van der Waals surface area contributed by atoms with Crippen LogP contribution < -0.4 is 9.47 Å². The van der Waals surface area contributed by atoms with Gasteiger partial charge in [-0.1, -0.05) is 48.8 Å². The molecule has 134 valence electrons. The summed E-state index contributed by atoms with van der Waals surface area (Å²) in [6.45, 7) is 6.82. The summed E-state index contributed by atoms with van der Waals surface area (Å²) < 4.78 is 12.7. The van der Waals surface area contributed by atoms with Crippen LogP contribution in [0.4, 0.5) is 0 Å². The SMILES string of the molecule is COc1c2cc(Br)cc1CCc1cc(C(C)(C)C)cc(c1OC)CC2. The molecule has 1 aliphatic rings. The third kappa shape index (κ3) is 3.72. The molecule has 0 aliphatic heterocycles. The second-order valence-electron chi connectivity index (χ2n) is 7.84. The fourth-order valence-corrected chi connectivity index (χ4v) is 4.26. The van der Waals surface area contributed by atoms with E-state index < -0.39 is 0 Å². The topological polar surface area (TPSA) is 18.5 Å². The fourth-order valence-electron chi connectivity index (χ4n) is 3.71. The Hall–Kier alpha value is -1.48. The number of aryl methyl sites for hydroxylation is 4. The van der Waals surface area contributed by atoms with Gasteiger partial charge in [-0.3, -0.25) is 0 Å². The molecule has 0 atom stereocenters. The van der Waals surface area contributed by atoms with Gasteiger partial charge in [-0.15, -0.1) is 0 Å². The Labute approximate surface area is 159 Å². The Morgan fingerprint density at radius 2 is 1.08 bits per heavy atom. The summed E-state index contributed by atoms with van der Waals surface area (Å²) in [6, 6.07) is 9.03. The van der Waals surface area contributed by atoms with Gasteiger partial charge in [0.05, 0.1) is 14.2 Å². The number of fused-ring (bicyclic) bond motifs is 4. The van der Waals surface area contributed by atoms with Gasteiger partial charge >= 0.3 is 0 Å². The van der Waals surface area contributed by atoms with Gasteiger partial charge in [0.15, 0.2) is 0 Å². The van der Waals surface area contributed by atoms with Gasteiger partial charge in [-0.25, -0.2) is 0 Å². The molecule has 0 heterocycles. The van der Waals surface area contributed by atoms with Gasteiger partial charge in [-0.05, 0) is 71.0 Å². The molecular weight excluding hydrogens is 376 g/mol. The summed E-state index contributed by atoms with van der Waals surface area (Å²) in [7, 11) is 3.57. The van der Waals surface area contributed by atoms with Crippen LogP contribution in [0.2, 0.25) is 0 Å². The maximum absolute atomic E-state index is 5.82. The molecule has 4 bridgehead atoms. The quantitative estimate of drug-likeness (QED) is 0.645. The van der Waals surface area contributed by atoms with Gasteiger partial charge < -0.3 is 9.47 Å². The van der Waals surface area contributed by atoms with Crippen molar-refractivity contribution in [3.05, 3.63) is 56.6 Å². The van der Waals surface area contributed by atoms with E-state index in [1.807, 2.05) is 0 Å². The van der Waals surface area contributed by atoms with Gasteiger partial charge in [0.25, 0.3) is 0 Å². The summed E-state index contributed by atoms with van der Waals surface area (Å²) in [5.41, 5.74) is 6.65. The Morgan fingerprint density at radius 3 is 1.40 bits per heavy atom. The first-order valence-corrected chi connectivity index (χ1v) is 9.68. The first-order valence-electron chi connectivity index (χ1n) is 8.89. The van der Waals surface area contributed by atoms with Crippen molar-refractivity contribution in [2.75, 3.05) is 14.2 Å². The molecule has 0 unspecified atom stereocenters. The minimum atomic E-state index is 0.134. The lowest BCUT2D eigenvalue weighted by molar-refractivity contribution is 0.396. The largest absolute Gasteiger partial charge is 0.496 e. The predicted molar refractivity (Wildman–Crippen MR) is 107 cm³/mol. The average molecular weight is 403 g/mol. The smallest absolute Gasteiger partial charge is 0.125 e. The third-order valence-corrected chi connectivity index (χ3v) is 5.51. The van der Waals surface area contributed by atoms with Crippen LogP contribution >= 0.6 is 15.9 Å². The number of hydrogen-bond acceptors (Lipinski definition) is 2. The van der Waals surface area contributed by atoms with Crippen LogP contribution in [0.25, 0.3) is 0 Å². The maximum atomic E-state index is 5.82. The number of benzene rings is 2. The third-order valence-electron chi connectivity index (χ3n) is 5.05. The minimum Gasteiger partial charge on any atom is -0.496 e. The van der Waals surface area contributed by atoms with E-state index >= 15 is 0 Å². The van der Waals surface area contributed by atoms with Crippen molar-refractivity contribution in [3.63, 3.8) is 0 Å². The number of halogens is 1. The highest BCUT2D eigenvalue weighted by molar-refractivity contribution is 9.10. The molecule has 0 amide bonds. The summed E-state index contributed by atoms with van der Waals surface area (Å²) in [6.07, 6.45) is 3.79. The highest BCUT2D eigenvalue weighted by atomic mass is 79.9. The van der Waals surface area contributed by atoms with Crippen molar-refractivity contribution in [2.24, 2.45) is 0 Å². The number of hydrogen-bond donors (Lipinski definition) is 0. The van der Waals surface area contributed by atoms with Gasteiger partial charge in [0.2, 0.25) is 0 Å². The molecule has 0 saturated carbocycles. The lowest BCUT2D eigenvalue weighted by Crippen LogP contribution is -2.14. The van der Waals surface area contributed by atoms with Crippen LogP contribution in [0.5, 0.6) is 11.5 Å². The zero-order valence-electron chi connectivity index (χ0n) is 15.8. The van der Waals surface area contributed by atoms with Gasteiger partial charge in [0, 0.05) is 4.47 Å². The molecule has 2 nitrogen and oxygen atoms in total. The van der Waals surface area contributed by atoms with E-state index in [2.05, 4.69) is 61.0 Å². The van der Waals surface area contributed by atoms with E-state index in [1.165, 1.54) is 27.8 Å². The van der Waals surface area contributed by atoms with Crippen LogP contribution in [-0.4, -0.2) is 14.2 Å². The summed E-state index contributed by atoms with van der Waals surface area (Å²) in [5.74, 6) is 2.11. The molecule has 0 spiro atoms. The van der Waals surface area contributed by atoms with E-state index in [0.29, 0.717) is 0 Å². The van der Waals surface area contributed by atoms with Crippen molar-refractivity contribution >= 4 is 15.9 Å². The van der Waals surface area contributed by atoms with E-state index in [4.69, 9.17) is 9.47 Å². The molecule has 25 heavy (non-hydrogen) atoms. The van der Waals surface area contributed by atoms with Crippen molar-refractivity contribution in [1.82, 2.24) is 0 Å². The highest BCUT2D eigenvalue weighted by Gasteiger charge is 2.22. The van der Waals surface area contributed by atoms with E-state index in [1.54, 1.807) is 14.2 Å². The molecule has 2 aromatic carbocycles. The normalized spacial score (nSPS) is 14.2. The molecule has 0 N–H and O–H groups in total. The molecule has 0 radical (unpaired) electrons. The van der Waals surface area contributed by atoms with Crippen LogP contribution in [0.3, 0.4) is 0 Å². The Balaban J connectivity index is 2.13. The molecule has 0 saturated heterocycles. The second-order valence-corrected chi connectivity index (χ2v) is 8.75. The van der Waals surface area contributed by atoms with E-state index in [-0.39, 0.29) is 5.41 Å².